The predicted octanol–water partition coefficient (Wildman–Crippen LogP) is 4.55. The van der Waals surface area contributed by atoms with Crippen LogP contribution in [0.25, 0.3) is 0 Å². The van der Waals surface area contributed by atoms with Gasteiger partial charge in [-0.25, -0.2) is 0 Å². The van der Waals surface area contributed by atoms with E-state index in [4.69, 9.17) is 9.15 Å². The summed E-state index contributed by atoms with van der Waals surface area (Å²) in [5, 5.41) is 9.40. The van der Waals surface area contributed by atoms with Gasteiger partial charge in [0.25, 0.3) is 5.91 Å². The molecule has 0 atom stereocenters. The summed E-state index contributed by atoms with van der Waals surface area (Å²) in [4.78, 5) is 16.3. The van der Waals surface area contributed by atoms with Crippen LogP contribution in [0.1, 0.15) is 54.6 Å². The first-order valence-corrected chi connectivity index (χ1v) is 10.7. The molecular formula is C23H33IN4O3. The predicted molar refractivity (Wildman–Crippen MR) is 134 cm³/mol. The van der Waals surface area contributed by atoms with Crippen molar-refractivity contribution >= 4 is 41.5 Å². The number of rotatable bonds is 8. The quantitative estimate of drug-likeness (QED) is 0.150. The van der Waals surface area contributed by atoms with Crippen LogP contribution in [0.3, 0.4) is 0 Å². The van der Waals surface area contributed by atoms with Gasteiger partial charge in [0.15, 0.2) is 11.7 Å². The van der Waals surface area contributed by atoms with Gasteiger partial charge in [0, 0.05) is 25.8 Å². The molecule has 1 aliphatic carbocycles. The van der Waals surface area contributed by atoms with Crippen LogP contribution in [0, 0.1) is 0 Å². The van der Waals surface area contributed by atoms with Gasteiger partial charge in [0.2, 0.25) is 0 Å². The maximum atomic E-state index is 12.0. The molecule has 1 heterocycles. The van der Waals surface area contributed by atoms with E-state index in [1.807, 2.05) is 24.3 Å². The van der Waals surface area contributed by atoms with E-state index < -0.39 is 0 Å². The van der Waals surface area contributed by atoms with E-state index in [2.05, 4.69) is 20.9 Å². The van der Waals surface area contributed by atoms with Crippen molar-refractivity contribution in [3.63, 3.8) is 0 Å². The van der Waals surface area contributed by atoms with Crippen LogP contribution >= 0.6 is 24.0 Å². The van der Waals surface area contributed by atoms with Crippen molar-refractivity contribution in [2.45, 2.75) is 51.2 Å². The van der Waals surface area contributed by atoms with Crippen molar-refractivity contribution in [1.82, 2.24) is 10.6 Å². The van der Waals surface area contributed by atoms with Crippen molar-refractivity contribution in [3.8, 4) is 0 Å². The molecule has 1 fully saturated rings. The van der Waals surface area contributed by atoms with Gasteiger partial charge in [0.05, 0.1) is 19.0 Å². The van der Waals surface area contributed by atoms with Gasteiger partial charge in [-0.05, 0) is 42.7 Å². The van der Waals surface area contributed by atoms with Gasteiger partial charge < -0.3 is 25.1 Å². The highest BCUT2D eigenvalue weighted by Crippen LogP contribution is 2.19. The van der Waals surface area contributed by atoms with Crippen LogP contribution in [0.15, 0.2) is 52.1 Å². The molecular weight excluding hydrogens is 507 g/mol. The summed E-state index contributed by atoms with van der Waals surface area (Å²) >= 11 is 0. The largest absolute Gasteiger partial charge is 0.459 e. The van der Waals surface area contributed by atoms with Crippen molar-refractivity contribution in [1.29, 1.82) is 0 Å². The number of carbonyl (C=O) groups is 1. The maximum Gasteiger partial charge on any atom is 0.291 e. The number of hydrogen-bond acceptors (Lipinski definition) is 4. The number of nitrogens with one attached hydrogen (secondary N) is 3. The lowest BCUT2D eigenvalue weighted by Gasteiger charge is -2.17. The summed E-state index contributed by atoms with van der Waals surface area (Å²) in [5.41, 5.74) is 1.81. The van der Waals surface area contributed by atoms with Gasteiger partial charge in [-0.2, -0.15) is 0 Å². The molecule has 0 bridgehead atoms. The van der Waals surface area contributed by atoms with Gasteiger partial charge in [-0.3, -0.25) is 9.79 Å². The fraction of sp³-hybridized carbons (Fsp3) is 0.478. The molecule has 7 nitrogen and oxygen atoms in total. The molecule has 0 aliphatic heterocycles. The zero-order chi connectivity index (χ0) is 21.0. The lowest BCUT2D eigenvalue weighted by molar-refractivity contribution is 0.0468. The number of nitrogens with zero attached hydrogens (tertiary/aromatic N) is 1. The Morgan fingerprint density at radius 3 is 2.48 bits per heavy atom. The first kappa shape index (κ1) is 25.2. The molecule has 0 saturated heterocycles. The second kappa shape index (κ2) is 14.1. The van der Waals surface area contributed by atoms with E-state index in [1.54, 1.807) is 19.2 Å². The van der Waals surface area contributed by atoms with E-state index in [-0.39, 0.29) is 29.9 Å². The Labute approximate surface area is 201 Å². The molecule has 1 aromatic heterocycles. The molecule has 31 heavy (non-hydrogen) atoms. The monoisotopic (exact) mass is 540 g/mol. The van der Waals surface area contributed by atoms with Gasteiger partial charge in [-0.15, -0.1) is 24.0 Å². The highest BCUT2D eigenvalue weighted by molar-refractivity contribution is 14.0. The third kappa shape index (κ3) is 8.90. The molecule has 3 rings (SSSR count). The number of amides is 1. The van der Waals surface area contributed by atoms with Gasteiger partial charge in [0.1, 0.15) is 0 Å². The van der Waals surface area contributed by atoms with Crippen LogP contribution in [0.4, 0.5) is 5.69 Å². The lowest BCUT2D eigenvalue weighted by atomic mass is 10.1. The molecule has 1 amide bonds. The molecule has 8 heteroatoms. The van der Waals surface area contributed by atoms with E-state index in [1.165, 1.54) is 44.8 Å². The zero-order valence-corrected chi connectivity index (χ0v) is 20.4. The Morgan fingerprint density at radius 2 is 1.84 bits per heavy atom. The van der Waals surface area contributed by atoms with Crippen LogP contribution < -0.4 is 16.0 Å². The molecule has 2 aromatic rings. The number of guanidine groups is 1. The van der Waals surface area contributed by atoms with E-state index in [9.17, 15) is 4.79 Å². The van der Waals surface area contributed by atoms with Crippen molar-refractivity contribution in [3.05, 3.63) is 54.0 Å². The average molecular weight is 540 g/mol. The highest BCUT2D eigenvalue weighted by Gasteiger charge is 2.12. The Morgan fingerprint density at radius 1 is 1.10 bits per heavy atom. The second-order valence-electron chi connectivity index (χ2n) is 7.47. The normalized spacial score (nSPS) is 14.9. The van der Waals surface area contributed by atoms with Crippen molar-refractivity contribution in [2.24, 2.45) is 4.99 Å². The summed E-state index contributed by atoms with van der Waals surface area (Å²) in [6.07, 6.45) is 9.51. The third-order valence-electron chi connectivity index (χ3n) is 5.19. The molecule has 170 valence electrons. The maximum absolute atomic E-state index is 12.0. The molecule has 0 spiro atoms. The first-order chi connectivity index (χ1) is 14.7. The van der Waals surface area contributed by atoms with E-state index >= 15 is 0 Å². The SMILES string of the molecule is CN=C(NCCOC1CCCCCC1)NCc1ccc(NC(=O)c2ccco2)cc1.I. The summed E-state index contributed by atoms with van der Waals surface area (Å²) in [5.74, 6) is 0.773. The Bertz CT molecular complexity index is 786. The lowest BCUT2D eigenvalue weighted by Crippen LogP contribution is -2.38. The summed E-state index contributed by atoms with van der Waals surface area (Å²) in [6.45, 7) is 2.05. The van der Waals surface area contributed by atoms with Crippen LogP contribution in [0.2, 0.25) is 0 Å². The third-order valence-corrected chi connectivity index (χ3v) is 5.19. The molecule has 1 aliphatic rings. The smallest absolute Gasteiger partial charge is 0.291 e. The standard InChI is InChI=1S/C23H32N4O3.HI/c1-24-23(25-14-16-29-20-7-4-2-3-5-8-20)26-17-18-10-12-19(13-11-18)27-22(28)21-9-6-15-30-21;/h6,9-13,15,20H,2-5,7-8,14,16-17H2,1H3,(H,27,28)(H2,24,25,26);1H. The summed E-state index contributed by atoms with van der Waals surface area (Å²) in [6, 6.07) is 11.0. The van der Waals surface area contributed by atoms with Gasteiger partial charge in [-0.1, -0.05) is 37.8 Å². The van der Waals surface area contributed by atoms with E-state index in [0.29, 0.717) is 25.0 Å². The number of ether oxygens (including phenoxy) is 1. The number of aliphatic imine (C=N–C) groups is 1. The molecule has 0 radical (unpaired) electrons. The van der Waals surface area contributed by atoms with Crippen molar-refractivity contribution in [2.75, 3.05) is 25.5 Å². The molecule has 1 aromatic carbocycles. The van der Waals surface area contributed by atoms with Crippen LogP contribution in [-0.4, -0.2) is 38.2 Å². The minimum atomic E-state index is -0.262. The molecule has 1 saturated carbocycles. The Kier molecular flexibility index (Phi) is 11.4. The highest BCUT2D eigenvalue weighted by atomic mass is 127. The number of hydrogen-bond donors (Lipinski definition) is 3. The second-order valence-corrected chi connectivity index (χ2v) is 7.47. The minimum Gasteiger partial charge on any atom is -0.459 e. The number of carbonyl (C=O) groups excluding carboxylic acids is 1. The number of halogens is 1. The zero-order valence-electron chi connectivity index (χ0n) is 18.1. The topological polar surface area (TPSA) is 87.9 Å². The molecule has 0 unspecified atom stereocenters. The number of anilines is 1. The van der Waals surface area contributed by atoms with Crippen molar-refractivity contribution < 1.29 is 13.9 Å². The summed E-state index contributed by atoms with van der Waals surface area (Å²) < 4.78 is 11.1. The number of benzene rings is 1. The Balaban J connectivity index is 0.00000341. The van der Waals surface area contributed by atoms with Crippen LogP contribution in [0.5, 0.6) is 0 Å². The molecule has 3 N–H and O–H groups in total. The van der Waals surface area contributed by atoms with Gasteiger partial charge >= 0.3 is 0 Å². The average Bonchev–Trinajstić information content (AvgIpc) is 3.19. The number of furan rings is 1. The van der Waals surface area contributed by atoms with E-state index in [0.717, 1.165) is 23.8 Å². The summed E-state index contributed by atoms with van der Waals surface area (Å²) in [7, 11) is 1.76. The first-order valence-electron chi connectivity index (χ1n) is 10.7. The minimum absolute atomic E-state index is 0. The van der Waals surface area contributed by atoms with Crippen LogP contribution in [-0.2, 0) is 11.3 Å². The fourth-order valence-electron chi connectivity index (χ4n) is 3.52. The Hall–Kier alpha value is -2.07. The fourth-order valence-corrected chi connectivity index (χ4v) is 3.52.